The number of anilines is 2. The van der Waals surface area contributed by atoms with Crippen LogP contribution in [-0.2, 0) is 0 Å². The van der Waals surface area contributed by atoms with Gasteiger partial charge in [0.25, 0.3) is 0 Å². The lowest BCUT2D eigenvalue weighted by molar-refractivity contribution is 0.493. The van der Waals surface area contributed by atoms with Gasteiger partial charge in [0.2, 0.25) is 0 Å². The summed E-state index contributed by atoms with van der Waals surface area (Å²) in [5.41, 5.74) is 2.95. The molecule has 3 heteroatoms. The lowest BCUT2D eigenvalue weighted by Crippen LogP contribution is -2.26. The average molecular weight is 297 g/mol. The molecule has 1 fully saturated rings. The zero-order valence-electron chi connectivity index (χ0n) is 11.0. The monoisotopic (exact) mass is 296 g/mol. The SMILES string of the molecule is CC(Nc1cc(Br)ccc1N(C)C)C1(C)CC1. The summed E-state index contributed by atoms with van der Waals surface area (Å²) >= 11 is 3.54. The summed E-state index contributed by atoms with van der Waals surface area (Å²) in [6.45, 7) is 4.64. The van der Waals surface area contributed by atoms with Crippen LogP contribution in [0, 0.1) is 5.41 Å². The summed E-state index contributed by atoms with van der Waals surface area (Å²) in [7, 11) is 4.16. The van der Waals surface area contributed by atoms with Gasteiger partial charge in [-0.1, -0.05) is 22.9 Å². The van der Waals surface area contributed by atoms with Gasteiger partial charge in [0.1, 0.15) is 0 Å². The van der Waals surface area contributed by atoms with Crippen molar-refractivity contribution in [2.45, 2.75) is 32.7 Å². The van der Waals surface area contributed by atoms with Crippen molar-refractivity contribution in [3.8, 4) is 0 Å². The molecule has 0 saturated heterocycles. The molecule has 0 heterocycles. The molecule has 1 aliphatic rings. The van der Waals surface area contributed by atoms with Crippen LogP contribution in [-0.4, -0.2) is 20.1 Å². The van der Waals surface area contributed by atoms with Crippen molar-refractivity contribution in [3.63, 3.8) is 0 Å². The molecule has 0 spiro atoms. The van der Waals surface area contributed by atoms with Gasteiger partial charge in [0, 0.05) is 24.6 Å². The lowest BCUT2D eigenvalue weighted by atomic mass is 10.0. The maximum Gasteiger partial charge on any atom is 0.0597 e. The first kappa shape index (κ1) is 12.7. The summed E-state index contributed by atoms with van der Waals surface area (Å²) < 4.78 is 1.12. The molecule has 1 aromatic rings. The molecule has 1 unspecified atom stereocenters. The minimum absolute atomic E-state index is 0.492. The Morgan fingerprint density at radius 1 is 1.35 bits per heavy atom. The minimum atomic E-state index is 0.492. The molecule has 1 atom stereocenters. The van der Waals surface area contributed by atoms with Crippen molar-refractivity contribution in [2.24, 2.45) is 5.41 Å². The molecule has 1 N–H and O–H groups in total. The van der Waals surface area contributed by atoms with E-state index in [9.17, 15) is 0 Å². The van der Waals surface area contributed by atoms with E-state index in [0.29, 0.717) is 11.5 Å². The molecule has 2 nitrogen and oxygen atoms in total. The topological polar surface area (TPSA) is 15.3 Å². The molecular formula is C14H21BrN2. The molecule has 17 heavy (non-hydrogen) atoms. The van der Waals surface area contributed by atoms with E-state index < -0.39 is 0 Å². The van der Waals surface area contributed by atoms with E-state index in [1.165, 1.54) is 24.2 Å². The van der Waals surface area contributed by atoms with Crippen molar-refractivity contribution in [3.05, 3.63) is 22.7 Å². The highest BCUT2D eigenvalue weighted by Crippen LogP contribution is 2.49. The molecule has 1 aromatic carbocycles. The highest BCUT2D eigenvalue weighted by atomic mass is 79.9. The molecule has 0 aromatic heterocycles. The van der Waals surface area contributed by atoms with Crippen LogP contribution in [0.3, 0.4) is 0 Å². The van der Waals surface area contributed by atoms with Crippen molar-refractivity contribution >= 4 is 27.3 Å². The number of rotatable bonds is 4. The number of nitrogens with zero attached hydrogens (tertiary/aromatic N) is 1. The minimum Gasteiger partial charge on any atom is -0.380 e. The smallest absolute Gasteiger partial charge is 0.0597 e. The number of halogens is 1. The Labute approximate surface area is 113 Å². The fourth-order valence-corrected chi connectivity index (χ4v) is 2.41. The van der Waals surface area contributed by atoms with Gasteiger partial charge in [-0.3, -0.25) is 0 Å². The Morgan fingerprint density at radius 2 is 2.00 bits per heavy atom. The molecular weight excluding hydrogens is 276 g/mol. The van der Waals surface area contributed by atoms with Crippen molar-refractivity contribution < 1.29 is 0 Å². The molecule has 0 bridgehead atoms. The average Bonchev–Trinajstić information content (AvgIpc) is 2.97. The Balaban J connectivity index is 2.21. The normalized spacial score (nSPS) is 18.6. The molecule has 0 aliphatic heterocycles. The number of hydrogen-bond donors (Lipinski definition) is 1. The highest BCUT2D eigenvalue weighted by molar-refractivity contribution is 9.10. The van der Waals surface area contributed by atoms with E-state index in [0.717, 1.165) is 4.47 Å². The van der Waals surface area contributed by atoms with Crippen LogP contribution in [0.2, 0.25) is 0 Å². The third kappa shape index (κ3) is 2.76. The zero-order valence-corrected chi connectivity index (χ0v) is 12.6. The molecule has 0 amide bonds. The zero-order chi connectivity index (χ0) is 12.6. The first-order valence-electron chi connectivity index (χ1n) is 6.16. The van der Waals surface area contributed by atoms with Crippen LogP contribution in [0.1, 0.15) is 26.7 Å². The van der Waals surface area contributed by atoms with Gasteiger partial charge in [0.05, 0.1) is 11.4 Å². The van der Waals surface area contributed by atoms with E-state index in [-0.39, 0.29) is 0 Å². The summed E-state index contributed by atoms with van der Waals surface area (Å²) in [5, 5.41) is 3.66. The van der Waals surface area contributed by atoms with Crippen LogP contribution >= 0.6 is 15.9 Å². The number of hydrogen-bond acceptors (Lipinski definition) is 2. The number of benzene rings is 1. The Bertz CT molecular complexity index is 411. The number of nitrogens with one attached hydrogen (secondary N) is 1. The van der Waals surface area contributed by atoms with Gasteiger partial charge in [-0.05, 0) is 43.4 Å². The summed E-state index contributed by atoms with van der Waals surface area (Å²) in [6, 6.07) is 6.92. The van der Waals surface area contributed by atoms with Gasteiger partial charge < -0.3 is 10.2 Å². The van der Waals surface area contributed by atoms with Gasteiger partial charge in [-0.2, -0.15) is 0 Å². The molecule has 2 rings (SSSR count). The van der Waals surface area contributed by atoms with Crippen molar-refractivity contribution in [1.29, 1.82) is 0 Å². The highest BCUT2D eigenvalue weighted by Gasteiger charge is 2.42. The standard InChI is InChI=1S/C14H21BrN2/c1-10(14(2)7-8-14)16-12-9-11(15)5-6-13(12)17(3)4/h5-6,9-10,16H,7-8H2,1-4H3. The fourth-order valence-electron chi connectivity index (χ4n) is 2.05. The van der Waals surface area contributed by atoms with Gasteiger partial charge in [0.15, 0.2) is 0 Å². The first-order chi connectivity index (χ1) is 7.92. The van der Waals surface area contributed by atoms with E-state index in [2.05, 4.69) is 72.3 Å². The van der Waals surface area contributed by atoms with Crippen LogP contribution in [0.4, 0.5) is 11.4 Å². The van der Waals surface area contributed by atoms with E-state index in [1.807, 2.05) is 0 Å². The summed E-state index contributed by atoms with van der Waals surface area (Å²) in [5.74, 6) is 0. The van der Waals surface area contributed by atoms with Gasteiger partial charge in [-0.15, -0.1) is 0 Å². The fraction of sp³-hybridized carbons (Fsp3) is 0.571. The Kier molecular flexibility index (Phi) is 3.39. The van der Waals surface area contributed by atoms with E-state index >= 15 is 0 Å². The van der Waals surface area contributed by atoms with Crippen LogP contribution < -0.4 is 10.2 Å². The summed E-state index contributed by atoms with van der Waals surface area (Å²) in [4.78, 5) is 2.15. The maximum atomic E-state index is 3.66. The van der Waals surface area contributed by atoms with E-state index in [4.69, 9.17) is 0 Å². The lowest BCUT2D eigenvalue weighted by Gasteiger charge is -2.25. The third-order valence-corrected chi connectivity index (χ3v) is 4.39. The third-order valence-electron chi connectivity index (χ3n) is 3.90. The van der Waals surface area contributed by atoms with Crippen LogP contribution in [0.15, 0.2) is 22.7 Å². The molecule has 0 radical (unpaired) electrons. The quantitative estimate of drug-likeness (QED) is 0.899. The molecule has 1 aliphatic carbocycles. The van der Waals surface area contributed by atoms with Crippen LogP contribution in [0.25, 0.3) is 0 Å². The first-order valence-corrected chi connectivity index (χ1v) is 6.95. The largest absolute Gasteiger partial charge is 0.380 e. The predicted molar refractivity (Wildman–Crippen MR) is 78.9 cm³/mol. The molecule has 1 saturated carbocycles. The van der Waals surface area contributed by atoms with Crippen LogP contribution in [0.5, 0.6) is 0 Å². The van der Waals surface area contributed by atoms with Crippen molar-refractivity contribution in [2.75, 3.05) is 24.3 Å². The Hall–Kier alpha value is -0.700. The second-order valence-electron chi connectivity index (χ2n) is 5.58. The van der Waals surface area contributed by atoms with Crippen molar-refractivity contribution in [1.82, 2.24) is 0 Å². The van der Waals surface area contributed by atoms with Gasteiger partial charge >= 0.3 is 0 Å². The summed E-state index contributed by atoms with van der Waals surface area (Å²) in [6.07, 6.45) is 2.68. The molecule has 94 valence electrons. The van der Waals surface area contributed by atoms with Gasteiger partial charge in [-0.25, -0.2) is 0 Å². The Morgan fingerprint density at radius 3 is 2.53 bits per heavy atom. The second kappa shape index (κ2) is 4.52. The second-order valence-corrected chi connectivity index (χ2v) is 6.49. The van der Waals surface area contributed by atoms with E-state index in [1.54, 1.807) is 0 Å². The maximum absolute atomic E-state index is 3.66. The predicted octanol–water partition coefficient (Wildman–Crippen LogP) is 4.12.